The quantitative estimate of drug-likeness (QED) is 0.579. The van der Waals surface area contributed by atoms with Gasteiger partial charge in [-0.3, -0.25) is 4.79 Å². The van der Waals surface area contributed by atoms with Crippen molar-refractivity contribution >= 4 is 41.2 Å². The van der Waals surface area contributed by atoms with Crippen LogP contribution in [-0.4, -0.2) is 60.0 Å². The highest BCUT2D eigenvalue weighted by Crippen LogP contribution is 2.24. The molecule has 1 aliphatic heterocycles. The van der Waals surface area contributed by atoms with Crippen LogP contribution >= 0.6 is 11.6 Å². The molecule has 150 valence electrons. The van der Waals surface area contributed by atoms with Gasteiger partial charge in [0, 0.05) is 48.5 Å². The summed E-state index contributed by atoms with van der Waals surface area (Å²) in [6.07, 6.45) is 5.48. The standard InChI is InChI=1S/C22H22ClN3O3/c1-25-9-11-26(12-10-25)20-14-16(13-17(23)15-20)21(27)7-5-18-3-2-4-19(24-18)6-8-22(28)29/h2-8,13-15H,9-12H2,1H3,(H,28,29)/b7-5+,8-6+. The zero-order valence-corrected chi connectivity index (χ0v) is 16.8. The lowest BCUT2D eigenvalue weighted by Gasteiger charge is -2.34. The predicted molar refractivity (Wildman–Crippen MR) is 115 cm³/mol. The van der Waals surface area contributed by atoms with Gasteiger partial charge in [-0.15, -0.1) is 0 Å². The highest BCUT2D eigenvalue weighted by atomic mass is 35.5. The largest absolute Gasteiger partial charge is 0.478 e. The Morgan fingerprint density at radius 2 is 1.69 bits per heavy atom. The molecule has 3 rings (SSSR count). The molecule has 0 atom stereocenters. The van der Waals surface area contributed by atoms with Gasteiger partial charge < -0.3 is 14.9 Å². The SMILES string of the molecule is CN1CCN(c2cc(Cl)cc(C(=O)/C=C/c3cccc(/C=C/C(=O)O)n3)c2)CC1. The average Bonchev–Trinajstić information content (AvgIpc) is 2.71. The lowest BCUT2D eigenvalue weighted by molar-refractivity contribution is -0.131. The molecule has 2 aromatic rings. The van der Waals surface area contributed by atoms with Crippen molar-refractivity contribution < 1.29 is 14.7 Å². The Morgan fingerprint density at radius 3 is 2.34 bits per heavy atom. The Balaban J connectivity index is 1.75. The van der Waals surface area contributed by atoms with E-state index in [1.165, 1.54) is 12.2 Å². The van der Waals surface area contributed by atoms with Crippen LogP contribution in [0.25, 0.3) is 12.2 Å². The highest BCUT2D eigenvalue weighted by molar-refractivity contribution is 6.31. The fourth-order valence-electron chi connectivity index (χ4n) is 3.03. The summed E-state index contributed by atoms with van der Waals surface area (Å²) in [5, 5.41) is 9.23. The molecule has 1 aromatic carbocycles. The topological polar surface area (TPSA) is 73.7 Å². The first-order chi connectivity index (χ1) is 13.9. The van der Waals surface area contributed by atoms with Gasteiger partial charge in [0.2, 0.25) is 0 Å². The normalized spacial score (nSPS) is 15.3. The van der Waals surface area contributed by atoms with E-state index in [-0.39, 0.29) is 5.78 Å². The smallest absolute Gasteiger partial charge is 0.328 e. The summed E-state index contributed by atoms with van der Waals surface area (Å²) < 4.78 is 0. The maximum Gasteiger partial charge on any atom is 0.328 e. The van der Waals surface area contributed by atoms with Gasteiger partial charge in [-0.2, -0.15) is 0 Å². The number of piperazine rings is 1. The summed E-state index contributed by atoms with van der Waals surface area (Å²) in [6.45, 7) is 3.71. The number of halogens is 1. The molecule has 1 aliphatic rings. The van der Waals surface area contributed by atoms with E-state index in [1.807, 2.05) is 12.1 Å². The number of likely N-dealkylation sites (N-methyl/N-ethyl adjacent to an activating group) is 1. The second kappa shape index (κ2) is 9.49. The molecule has 2 heterocycles. The number of carbonyl (C=O) groups is 2. The number of carboxylic acids is 1. The minimum atomic E-state index is -1.04. The molecule has 1 aromatic heterocycles. The number of pyridine rings is 1. The molecule has 0 unspecified atom stereocenters. The van der Waals surface area contributed by atoms with Crippen LogP contribution in [0.5, 0.6) is 0 Å². The summed E-state index contributed by atoms with van der Waals surface area (Å²) in [4.78, 5) is 32.1. The summed E-state index contributed by atoms with van der Waals surface area (Å²) in [7, 11) is 2.09. The average molecular weight is 412 g/mol. The van der Waals surface area contributed by atoms with Crippen LogP contribution < -0.4 is 4.90 Å². The zero-order chi connectivity index (χ0) is 20.8. The van der Waals surface area contributed by atoms with Crippen LogP contribution in [0.4, 0.5) is 5.69 Å². The number of hydrogen-bond acceptors (Lipinski definition) is 5. The first-order valence-electron chi connectivity index (χ1n) is 9.25. The van der Waals surface area contributed by atoms with E-state index >= 15 is 0 Å². The number of aliphatic carboxylic acids is 1. The molecule has 0 spiro atoms. The number of hydrogen-bond donors (Lipinski definition) is 1. The minimum absolute atomic E-state index is 0.170. The van der Waals surface area contributed by atoms with Crippen molar-refractivity contribution in [3.63, 3.8) is 0 Å². The number of anilines is 1. The number of carbonyl (C=O) groups excluding carboxylic acids is 1. The van der Waals surface area contributed by atoms with Crippen LogP contribution in [0.3, 0.4) is 0 Å². The van der Waals surface area contributed by atoms with E-state index in [1.54, 1.807) is 30.3 Å². The van der Waals surface area contributed by atoms with Crippen LogP contribution in [0, 0.1) is 0 Å². The number of carboxylic acid groups (broad SMARTS) is 1. The van der Waals surface area contributed by atoms with Gasteiger partial charge in [0.1, 0.15) is 0 Å². The first-order valence-corrected chi connectivity index (χ1v) is 9.63. The number of nitrogens with zero attached hydrogens (tertiary/aromatic N) is 3. The van der Waals surface area contributed by atoms with Crippen LogP contribution in [-0.2, 0) is 4.79 Å². The fourth-order valence-corrected chi connectivity index (χ4v) is 3.26. The number of ketones is 1. The number of allylic oxidation sites excluding steroid dienone is 1. The van der Waals surface area contributed by atoms with Crippen molar-refractivity contribution in [3.05, 3.63) is 70.5 Å². The Bertz CT molecular complexity index is 964. The molecule has 0 radical (unpaired) electrons. The Kier molecular flexibility index (Phi) is 6.80. The molecule has 0 aliphatic carbocycles. The van der Waals surface area contributed by atoms with Crippen molar-refractivity contribution in [2.75, 3.05) is 38.1 Å². The van der Waals surface area contributed by atoms with Crippen LogP contribution in [0.1, 0.15) is 21.7 Å². The van der Waals surface area contributed by atoms with Crippen molar-refractivity contribution in [1.29, 1.82) is 0 Å². The monoisotopic (exact) mass is 411 g/mol. The number of aromatic nitrogens is 1. The maximum absolute atomic E-state index is 12.7. The molecule has 0 saturated carbocycles. The Labute approximate surface area is 174 Å². The van der Waals surface area contributed by atoms with Gasteiger partial charge in [0.25, 0.3) is 0 Å². The number of rotatable bonds is 6. The molecule has 7 heteroatoms. The zero-order valence-electron chi connectivity index (χ0n) is 16.1. The molecule has 29 heavy (non-hydrogen) atoms. The molecule has 1 N–H and O–H groups in total. The highest BCUT2D eigenvalue weighted by Gasteiger charge is 2.16. The second-order valence-corrected chi connectivity index (χ2v) is 7.28. The molecular weight excluding hydrogens is 390 g/mol. The Morgan fingerprint density at radius 1 is 1.03 bits per heavy atom. The summed E-state index contributed by atoms with van der Waals surface area (Å²) >= 11 is 6.26. The van der Waals surface area contributed by atoms with E-state index in [0.29, 0.717) is 22.0 Å². The molecule has 1 fully saturated rings. The molecular formula is C22H22ClN3O3. The third kappa shape index (κ3) is 6.01. The van der Waals surface area contributed by atoms with Crippen LogP contribution in [0.15, 0.2) is 48.6 Å². The van der Waals surface area contributed by atoms with E-state index in [9.17, 15) is 9.59 Å². The number of benzene rings is 1. The van der Waals surface area contributed by atoms with Crippen LogP contribution in [0.2, 0.25) is 5.02 Å². The van der Waals surface area contributed by atoms with E-state index in [2.05, 4.69) is 21.8 Å². The Hall–Kier alpha value is -2.96. The van der Waals surface area contributed by atoms with Gasteiger partial charge in [-0.05, 0) is 55.6 Å². The minimum Gasteiger partial charge on any atom is -0.478 e. The summed E-state index contributed by atoms with van der Waals surface area (Å²) in [6, 6.07) is 10.6. The second-order valence-electron chi connectivity index (χ2n) is 6.84. The first kappa shape index (κ1) is 20.8. The van der Waals surface area contributed by atoms with Gasteiger partial charge in [0.15, 0.2) is 5.78 Å². The van der Waals surface area contributed by atoms with Gasteiger partial charge >= 0.3 is 5.97 Å². The van der Waals surface area contributed by atoms with Crippen molar-refractivity contribution in [2.45, 2.75) is 0 Å². The molecule has 1 saturated heterocycles. The van der Waals surface area contributed by atoms with Crippen molar-refractivity contribution in [1.82, 2.24) is 9.88 Å². The summed E-state index contributed by atoms with van der Waals surface area (Å²) in [5.41, 5.74) is 2.53. The third-order valence-corrected chi connectivity index (χ3v) is 4.85. The fraction of sp³-hybridized carbons (Fsp3) is 0.227. The maximum atomic E-state index is 12.7. The predicted octanol–water partition coefficient (Wildman–Crippen LogP) is 3.48. The van der Waals surface area contributed by atoms with Gasteiger partial charge in [-0.25, -0.2) is 9.78 Å². The lowest BCUT2D eigenvalue weighted by atomic mass is 10.1. The third-order valence-electron chi connectivity index (χ3n) is 4.63. The van der Waals surface area contributed by atoms with Crippen molar-refractivity contribution in [2.24, 2.45) is 0 Å². The molecule has 0 bridgehead atoms. The molecule has 6 nitrogen and oxygen atoms in total. The van der Waals surface area contributed by atoms with E-state index in [4.69, 9.17) is 16.7 Å². The van der Waals surface area contributed by atoms with Crippen molar-refractivity contribution in [3.8, 4) is 0 Å². The summed E-state index contributed by atoms with van der Waals surface area (Å²) in [5.74, 6) is -1.21. The van der Waals surface area contributed by atoms with Gasteiger partial charge in [0.05, 0.1) is 11.4 Å². The molecule has 0 amide bonds. The van der Waals surface area contributed by atoms with E-state index in [0.717, 1.165) is 37.9 Å². The van der Waals surface area contributed by atoms with Gasteiger partial charge in [-0.1, -0.05) is 17.7 Å². The van der Waals surface area contributed by atoms with E-state index < -0.39 is 5.97 Å². The lowest BCUT2D eigenvalue weighted by Crippen LogP contribution is -2.44.